The van der Waals surface area contributed by atoms with Gasteiger partial charge < -0.3 is 0 Å². The summed E-state index contributed by atoms with van der Waals surface area (Å²) >= 11 is 0. The van der Waals surface area contributed by atoms with E-state index in [9.17, 15) is 0 Å². The summed E-state index contributed by atoms with van der Waals surface area (Å²) in [6.07, 6.45) is 0.751. The molecule has 0 spiro atoms. The molecular formula is C10H11BN2O. The molecule has 0 bridgehead atoms. The Kier molecular flexibility index (Phi) is 3.87. The van der Waals surface area contributed by atoms with Crippen molar-refractivity contribution in [3.8, 4) is 11.8 Å². The zero-order chi connectivity index (χ0) is 10.4. The van der Waals surface area contributed by atoms with E-state index in [1.165, 1.54) is 0 Å². The van der Waals surface area contributed by atoms with E-state index in [1.54, 1.807) is 12.1 Å². The molecule has 1 atom stereocenters. The average molecular weight is 186 g/mol. The minimum atomic E-state index is 0.0320. The molecule has 1 aromatic carbocycles. The van der Waals surface area contributed by atoms with Crippen molar-refractivity contribution >= 4 is 7.27 Å². The number of rotatable bonds is 4. The number of nitrogens with zero attached hydrogens (tertiary/aromatic N) is 1. The molecule has 0 saturated heterocycles. The molecule has 14 heavy (non-hydrogen) atoms. The van der Waals surface area contributed by atoms with Gasteiger partial charge in [0.25, 0.3) is 0 Å². The van der Waals surface area contributed by atoms with E-state index >= 15 is 0 Å². The SMILES string of the molecule is CC(C#N)Cc1ccc(OB=N)cc1. The first-order chi connectivity index (χ1) is 6.76. The molecule has 1 rings (SSSR count). The Bertz CT molecular complexity index is 342. The Morgan fingerprint density at radius 2 is 2.14 bits per heavy atom. The van der Waals surface area contributed by atoms with Gasteiger partial charge in [0.05, 0.1) is 0 Å². The fourth-order valence-corrected chi connectivity index (χ4v) is 1.17. The Morgan fingerprint density at radius 1 is 1.50 bits per heavy atom. The summed E-state index contributed by atoms with van der Waals surface area (Å²) in [5.41, 5.74) is 1.11. The maximum atomic E-state index is 8.63. The van der Waals surface area contributed by atoms with E-state index in [2.05, 4.69) is 6.07 Å². The quantitative estimate of drug-likeness (QED) is 0.732. The standard InChI is InChI=1S/C10H11BN2O/c1-8(7-12)6-9-2-4-10(5-3-9)14-11-13/h2-5,8,13H,6H2,1H3. The fraction of sp³-hybridized carbons (Fsp3) is 0.300. The summed E-state index contributed by atoms with van der Waals surface area (Å²) in [4.78, 5) is 0. The Hall–Kier alpha value is -1.63. The van der Waals surface area contributed by atoms with Gasteiger partial charge in [0.1, 0.15) is 0 Å². The van der Waals surface area contributed by atoms with Crippen molar-refractivity contribution in [2.75, 3.05) is 0 Å². The Balaban J connectivity index is 2.64. The van der Waals surface area contributed by atoms with Crippen molar-refractivity contribution in [1.29, 1.82) is 10.6 Å². The van der Waals surface area contributed by atoms with Crippen LogP contribution in [0.2, 0.25) is 0 Å². The molecule has 4 heteroatoms. The second-order valence-electron chi connectivity index (χ2n) is 3.11. The minimum absolute atomic E-state index is 0.0320. The normalized spacial score (nSPS) is 11.1. The van der Waals surface area contributed by atoms with Crippen LogP contribution in [0.15, 0.2) is 24.3 Å². The zero-order valence-corrected chi connectivity index (χ0v) is 8.03. The monoisotopic (exact) mass is 186 g/mol. The van der Waals surface area contributed by atoms with Crippen LogP contribution in [0.3, 0.4) is 0 Å². The second-order valence-corrected chi connectivity index (χ2v) is 3.11. The number of nitrogens with one attached hydrogen (secondary N) is 1. The fourth-order valence-electron chi connectivity index (χ4n) is 1.17. The van der Waals surface area contributed by atoms with E-state index in [0.29, 0.717) is 5.75 Å². The molecule has 3 nitrogen and oxygen atoms in total. The molecule has 0 aliphatic heterocycles. The molecule has 1 N–H and O–H groups in total. The molecule has 0 amide bonds. The molecule has 1 aromatic rings. The van der Waals surface area contributed by atoms with Gasteiger partial charge in [0.15, 0.2) is 0 Å². The molecule has 1 unspecified atom stereocenters. The third-order valence-corrected chi connectivity index (χ3v) is 1.88. The van der Waals surface area contributed by atoms with Crippen molar-refractivity contribution in [3.63, 3.8) is 0 Å². The van der Waals surface area contributed by atoms with E-state index in [-0.39, 0.29) is 5.92 Å². The maximum absolute atomic E-state index is 8.63. The van der Waals surface area contributed by atoms with Crippen LogP contribution in [0.4, 0.5) is 0 Å². The van der Waals surface area contributed by atoms with E-state index in [4.69, 9.17) is 15.2 Å². The van der Waals surface area contributed by atoms with E-state index in [0.717, 1.165) is 19.3 Å². The van der Waals surface area contributed by atoms with Crippen molar-refractivity contribution in [1.82, 2.24) is 0 Å². The number of hydrogen-bond acceptors (Lipinski definition) is 3. The molecule has 0 aromatic heterocycles. The second kappa shape index (κ2) is 5.18. The molecule has 0 aliphatic carbocycles. The molecule has 0 radical (unpaired) electrons. The van der Waals surface area contributed by atoms with Gasteiger partial charge in [-0.2, -0.15) is 0 Å². The van der Waals surface area contributed by atoms with Gasteiger partial charge in [-0.25, -0.2) is 0 Å². The van der Waals surface area contributed by atoms with Crippen LogP contribution in [-0.4, -0.2) is 7.27 Å². The van der Waals surface area contributed by atoms with Crippen LogP contribution in [0.25, 0.3) is 0 Å². The van der Waals surface area contributed by atoms with Gasteiger partial charge in [0, 0.05) is 0 Å². The summed E-state index contributed by atoms with van der Waals surface area (Å²) in [6, 6.07) is 9.60. The first-order valence-electron chi connectivity index (χ1n) is 4.40. The third-order valence-electron chi connectivity index (χ3n) is 1.88. The summed E-state index contributed by atoms with van der Waals surface area (Å²) in [7, 11) is 0.896. The van der Waals surface area contributed by atoms with Crippen LogP contribution in [0, 0.1) is 22.6 Å². The van der Waals surface area contributed by atoms with Gasteiger partial charge in [-0.15, -0.1) is 0 Å². The first kappa shape index (κ1) is 10.5. The van der Waals surface area contributed by atoms with Crippen LogP contribution in [0.5, 0.6) is 5.75 Å². The topological polar surface area (TPSA) is 56.9 Å². The predicted octanol–water partition coefficient (Wildman–Crippen LogP) is 2.15. The van der Waals surface area contributed by atoms with Crippen molar-refractivity contribution in [2.45, 2.75) is 13.3 Å². The Morgan fingerprint density at radius 3 is 2.64 bits per heavy atom. The zero-order valence-electron chi connectivity index (χ0n) is 8.03. The Labute approximate surface area is 84.1 Å². The number of benzene rings is 1. The summed E-state index contributed by atoms with van der Waals surface area (Å²) in [6.45, 7) is 1.89. The predicted molar refractivity (Wildman–Crippen MR) is 54.0 cm³/mol. The molecule has 70 valence electrons. The van der Waals surface area contributed by atoms with Gasteiger partial charge in [0.2, 0.25) is 0 Å². The molecular weight excluding hydrogens is 175 g/mol. The number of nitriles is 1. The van der Waals surface area contributed by atoms with Crippen LogP contribution >= 0.6 is 0 Å². The average Bonchev–Trinajstić information content (AvgIpc) is 2.21. The van der Waals surface area contributed by atoms with E-state index in [1.807, 2.05) is 19.1 Å². The summed E-state index contributed by atoms with van der Waals surface area (Å²) in [5.74, 6) is 0.679. The van der Waals surface area contributed by atoms with Crippen molar-refractivity contribution in [2.24, 2.45) is 5.92 Å². The van der Waals surface area contributed by atoms with Gasteiger partial charge in [-0.1, -0.05) is 0 Å². The summed E-state index contributed by atoms with van der Waals surface area (Å²) in [5, 5.41) is 15.4. The molecule has 0 heterocycles. The van der Waals surface area contributed by atoms with Gasteiger partial charge >= 0.3 is 83.4 Å². The number of hydrogen-bond donors (Lipinski definition) is 1. The first-order valence-corrected chi connectivity index (χ1v) is 4.40. The third kappa shape index (κ3) is 3.02. The van der Waals surface area contributed by atoms with Crippen LogP contribution in [0.1, 0.15) is 12.5 Å². The van der Waals surface area contributed by atoms with Crippen molar-refractivity contribution < 1.29 is 4.65 Å². The van der Waals surface area contributed by atoms with Gasteiger partial charge in [-0.05, 0) is 0 Å². The van der Waals surface area contributed by atoms with Crippen LogP contribution < -0.4 is 4.65 Å². The van der Waals surface area contributed by atoms with E-state index < -0.39 is 0 Å². The molecule has 0 saturated carbocycles. The molecule has 0 fully saturated rings. The van der Waals surface area contributed by atoms with Crippen LogP contribution in [-0.2, 0) is 6.42 Å². The summed E-state index contributed by atoms with van der Waals surface area (Å²) < 4.78 is 4.87. The van der Waals surface area contributed by atoms with Gasteiger partial charge in [-0.3, -0.25) is 0 Å². The molecule has 0 aliphatic rings. The van der Waals surface area contributed by atoms with Crippen molar-refractivity contribution in [3.05, 3.63) is 29.8 Å².